The van der Waals surface area contributed by atoms with Gasteiger partial charge >= 0.3 is 6.61 Å². The van der Waals surface area contributed by atoms with Crippen molar-refractivity contribution in [2.75, 3.05) is 19.6 Å². The predicted molar refractivity (Wildman–Crippen MR) is 125 cm³/mol. The second-order valence-electron chi connectivity index (χ2n) is 8.36. The molecule has 1 aliphatic carbocycles. The van der Waals surface area contributed by atoms with E-state index < -0.39 is 23.7 Å². The Bertz CT molecular complexity index is 1110. The highest BCUT2D eigenvalue weighted by molar-refractivity contribution is 8.18. The van der Waals surface area contributed by atoms with Gasteiger partial charge in [-0.3, -0.25) is 33.8 Å². The van der Waals surface area contributed by atoms with Crippen molar-refractivity contribution in [2.24, 2.45) is 11.8 Å². The van der Waals surface area contributed by atoms with Crippen LogP contribution in [0.15, 0.2) is 41.3 Å². The molecule has 12 heteroatoms. The number of likely N-dealkylation sites (tertiary alicyclic amines) is 1. The van der Waals surface area contributed by atoms with E-state index in [1.807, 2.05) is 12.2 Å². The second-order valence-corrected chi connectivity index (χ2v) is 9.36. The van der Waals surface area contributed by atoms with Crippen molar-refractivity contribution in [3.63, 3.8) is 0 Å². The van der Waals surface area contributed by atoms with Crippen LogP contribution in [0.2, 0.25) is 0 Å². The van der Waals surface area contributed by atoms with Gasteiger partial charge < -0.3 is 10.1 Å². The summed E-state index contributed by atoms with van der Waals surface area (Å²) < 4.78 is 28.8. The summed E-state index contributed by atoms with van der Waals surface area (Å²) >= 11 is 0.735. The highest BCUT2D eigenvalue weighted by Gasteiger charge is 2.46. The first-order valence-electron chi connectivity index (χ1n) is 11.3. The number of rotatable bonds is 9. The summed E-state index contributed by atoms with van der Waals surface area (Å²) in [5.74, 6) is -2.15. The number of thioether (sulfide) groups is 1. The molecule has 2 saturated heterocycles. The number of nitrogens with one attached hydrogen (secondary N) is 1. The Morgan fingerprint density at radius 1 is 1.03 bits per heavy atom. The molecule has 0 bridgehead atoms. The highest BCUT2D eigenvalue weighted by atomic mass is 32.2. The zero-order valence-corrected chi connectivity index (χ0v) is 19.8. The molecule has 0 aromatic heterocycles. The number of alkyl halides is 2. The molecule has 4 rings (SSSR count). The fourth-order valence-electron chi connectivity index (χ4n) is 4.29. The Morgan fingerprint density at radius 3 is 2.28 bits per heavy atom. The van der Waals surface area contributed by atoms with Gasteiger partial charge in [0.2, 0.25) is 17.7 Å². The molecule has 0 saturated carbocycles. The Hall–Kier alpha value is -3.54. The van der Waals surface area contributed by atoms with Crippen LogP contribution in [0.3, 0.4) is 0 Å². The minimum Gasteiger partial charge on any atom is -0.435 e. The minimum atomic E-state index is -2.94. The molecule has 1 aromatic rings. The van der Waals surface area contributed by atoms with Crippen molar-refractivity contribution < 1.29 is 37.5 Å². The third-order valence-electron chi connectivity index (χ3n) is 6.10. The van der Waals surface area contributed by atoms with Crippen molar-refractivity contribution in [3.05, 3.63) is 46.9 Å². The topological polar surface area (TPSA) is 113 Å². The maximum absolute atomic E-state index is 12.6. The van der Waals surface area contributed by atoms with Gasteiger partial charge in [0.25, 0.3) is 11.1 Å². The average molecular weight is 520 g/mol. The molecule has 2 heterocycles. The predicted octanol–water partition coefficient (Wildman–Crippen LogP) is 2.78. The molecule has 36 heavy (non-hydrogen) atoms. The van der Waals surface area contributed by atoms with Crippen LogP contribution in [0.1, 0.15) is 24.8 Å². The van der Waals surface area contributed by atoms with Crippen molar-refractivity contribution in [2.45, 2.75) is 25.9 Å². The summed E-state index contributed by atoms with van der Waals surface area (Å²) in [5, 5.41) is 2.11. The molecule has 5 amide bonds. The number of hydrogen-bond donors (Lipinski definition) is 1. The lowest BCUT2D eigenvalue weighted by Crippen LogP contribution is -2.39. The van der Waals surface area contributed by atoms with Gasteiger partial charge in [0.15, 0.2) is 0 Å². The summed E-state index contributed by atoms with van der Waals surface area (Å²) in [6.07, 6.45) is 6.24. The van der Waals surface area contributed by atoms with E-state index in [0.29, 0.717) is 18.4 Å². The summed E-state index contributed by atoms with van der Waals surface area (Å²) in [6, 6.07) is 5.61. The van der Waals surface area contributed by atoms with Crippen molar-refractivity contribution in [3.8, 4) is 5.75 Å². The van der Waals surface area contributed by atoms with Crippen LogP contribution in [-0.4, -0.2) is 64.9 Å². The quantitative estimate of drug-likeness (QED) is 0.303. The van der Waals surface area contributed by atoms with E-state index in [9.17, 15) is 32.8 Å². The van der Waals surface area contributed by atoms with Crippen molar-refractivity contribution >= 4 is 46.7 Å². The third kappa shape index (κ3) is 5.64. The molecule has 1 aromatic carbocycles. The van der Waals surface area contributed by atoms with Crippen LogP contribution < -0.4 is 10.1 Å². The maximum Gasteiger partial charge on any atom is 0.387 e. The van der Waals surface area contributed by atoms with E-state index in [2.05, 4.69) is 10.1 Å². The van der Waals surface area contributed by atoms with Crippen LogP contribution in [0.4, 0.5) is 13.6 Å². The zero-order chi connectivity index (χ0) is 25.8. The van der Waals surface area contributed by atoms with Gasteiger partial charge in [-0.1, -0.05) is 24.3 Å². The van der Waals surface area contributed by atoms with Crippen LogP contribution in [-0.2, 0) is 19.2 Å². The van der Waals surface area contributed by atoms with E-state index >= 15 is 0 Å². The number of imide groups is 2. The number of amides is 5. The molecule has 2 atom stereocenters. The van der Waals surface area contributed by atoms with Gasteiger partial charge in [0.1, 0.15) is 5.75 Å². The standard InChI is InChI=1S/C24H23F2N3O6S/c25-23(26)35-15-7-5-14(6-8-15)13-18-22(33)29(24(34)36-18)12-10-27-19(30)9-11-28-20(31)16-3-1-2-4-17(16)21(28)32/h1-2,5-8,13,16-17,23H,3-4,9-12H2,(H,27,30)/b18-13-/t16-,17+. The van der Waals surface area contributed by atoms with Crippen LogP contribution in [0, 0.1) is 11.8 Å². The van der Waals surface area contributed by atoms with Gasteiger partial charge in [-0.25, -0.2) is 0 Å². The van der Waals surface area contributed by atoms with Crippen molar-refractivity contribution in [1.82, 2.24) is 15.1 Å². The first-order chi connectivity index (χ1) is 17.2. The lowest BCUT2D eigenvalue weighted by Gasteiger charge is -2.15. The highest BCUT2D eigenvalue weighted by Crippen LogP contribution is 2.35. The molecule has 190 valence electrons. The number of hydrogen-bond acceptors (Lipinski definition) is 7. The SMILES string of the molecule is O=C(CCN1C(=O)[C@H]2CC=CC[C@H]2C1=O)NCCN1C(=O)S/C(=C\c2ccc(OC(F)F)cc2)C1=O. The number of carbonyl (C=O) groups is 5. The van der Waals surface area contributed by atoms with Gasteiger partial charge in [-0.2, -0.15) is 8.78 Å². The normalized spacial score (nSPS) is 22.7. The number of carbonyl (C=O) groups excluding carboxylic acids is 5. The van der Waals surface area contributed by atoms with E-state index in [1.54, 1.807) is 0 Å². The zero-order valence-electron chi connectivity index (χ0n) is 19.0. The summed E-state index contributed by atoms with van der Waals surface area (Å²) in [6.45, 7) is -2.99. The Balaban J connectivity index is 1.23. The van der Waals surface area contributed by atoms with E-state index in [-0.39, 0.29) is 60.4 Å². The minimum absolute atomic E-state index is 0.0119. The number of halogens is 2. The van der Waals surface area contributed by atoms with Crippen LogP contribution in [0.25, 0.3) is 6.08 Å². The first-order valence-corrected chi connectivity index (χ1v) is 12.1. The lowest BCUT2D eigenvalue weighted by atomic mass is 9.85. The van der Waals surface area contributed by atoms with E-state index in [0.717, 1.165) is 21.6 Å². The Morgan fingerprint density at radius 2 is 1.67 bits per heavy atom. The van der Waals surface area contributed by atoms with Crippen molar-refractivity contribution in [1.29, 1.82) is 0 Å². The molecular formula is C24H23F2N3O6S. The number of benzene rings is 1. The fraction of sp³-hybridized carbons (Fsp3) is 0.375. The Kier molecular flexibility index (Phi) is 7.82. The van der Waals surface area contributed by atoms with Crippen LogP contribution in [0.5, 0.6) is 5.75 Å². The largest absolute Gasteiger partial charge is 0.435 e. The molecule has 0 unspecified atom stereocenters. The van der Waals surface area contributed by atoms with E-state index in [4.69, 9.17) is 0 Å². The molecule has 2 fully saturated rings. The molecular weight excluding hydrogens is 496 g/mol. The smallest absolute Gasteiger partial charge is 0.387 e. The number of nitrogens with zero attached hydrogens (tertiary/aromatic N) is 2. The first kappa shape index (κ1) is 25.5. The number of ether oxygens (including phenoxy) is 1. The van der Waals surface area contributed by atoms with Gasteiger partial charge in [-0.15, -0.1) is 0 Å². The second kappa shape index (κ2) is 11.0. The maximum atomic E-state index is 12.6. The average Bonchev–Trinajstić information content (AvgIpc) is 3.25. The molecule has 3 aliphatic rings. The monoisotopic (exact) mass is 519 g/mol. The molecule has 0 radical (unpaired) electrons. The molecule has 0 spiro atoms. The number of allylic oxidation sites excluding steroid dienone is 2. The fourth-order valence-corrected chi connectivity index (χ4v) is 5.15. The Labute approximate surface area is 209 Å². The van der Waals surface area contributed by atoms with Gasteiger partial charge in [-0.05, 0) is 48.4 Å². The van der Waals surface area contributed by atoms with Crippen LogP contribution >= 0.6 is 11.8 Å². The summed E-state index contributed by atoms with van der Waals surface area (Å²) in [7, 11) is 0. The lowest BCUT2D eigenvalue weighted by molar-refractivity contribution is -0.140. The van der Waals surface area contributed by atoms with E-state index in [1.165, 1.54) is 30.3 Å². The van der Waals surface area contributed by atoms with Gasteiger partial charge in [0, 0.05) is 26.1 Å². The third-order valence-corrected chi connectivity index (χ3v) is 7.00. The molecule has 2 aliphatic heterocycles. The summed E-state index contributed by atoms with van der Waals surface area (Å²) in [4.78, 5) is 64.3. The van der Waals surface area contributed by atoms with Gasteiger partial charge in [0.05, 0.1) is 16.7 Å². The number of fused-ring (bicyclic) bond motifs is 1. The summed E-state index contributed by atoms with van der Waals surface area (Å²) in [5.41, 5.74) is 0.525. The molecule has 1 N–H and O–H groups in total. The molecule has 9 nitrogen and oxygen atoms in total.